The number of carbonyl (C=O) groups excluding carboxylic acids is 1. The lowest BCUT2D eigenvalue weighted by molar-refractivity contribution is -0.137. The molecule has 10 heteroatoms. The van der Waals surface area contributed by atoms with Crippen molar-refractivity contribution in [1.29, 1.82) is 0 Å². The van der Waals surface area contributed by atoms with Gasteiger partial charge in [0.05, 0.1) is 11.6 Å². The third-order valence-corrected chi connectivity index (χ3v) is 6.03. The summed E-state index contributed by atoms with van der Waals surface area (Å²) in [6.45, 7) is 0.661. The number of benzene rings is 1. The zero-order chi connectivity index (χ0) is 24.4. The van der Waals surface area contributed by atoms with E-state index in [0.717, 1.165) is 30.7 Å². The Bertz CT molecular complexity index is 1320. The van der Waals surface area contributed by atoms with E-state index in [2.05, 4.69) is 15.0 Å². The largest absolute Gasteiger partial charge is 0.475 e. The van der Waals surface area contributed by atoms with Crippen LogP contribution in [0.5, 0.6) is 5.88 Å². The fraction of sp³-hybridized carbons (Fsp3) is 0.280. The van der Waals surface area contributed by atoms with Crippen LogP contribution < -0.4 is 4.74 Å². The molecule has 4 aromatic rings. The van der Waals surface area contributed by atoms with Gasteiger partial charge in [-0.1, -0.05) is 30.3 Å². The molecular weight excluding hydrogens is 459 g/mol. The lowest BCUT2D eigenvalue weighted by Crippen LogP contribution is -2.47. The smallest absolute Gasteiger partial charge is 0.417 e. The van der Waals surface area contributed by atoms with Gasteiger partial charge in [0, 0.05) is 36.8 Å². The molecular formula is C25H22F3N5O2. The van der Waals surface area contributed by atoms with Gasteiger partial charge in [0.15, 0.2) is 0 Å². The van der Waals surface area contributed by atoms with Crippen LogP contribution in [0.1, 0.15) is 35.3 Å². The van der Waals surface area contributed by atoms with Gasteiger partial charge in [0.2, 0.25) is 11.7 Å². The molecule has 1 amide bonds. The number of amides is 1. The van der Waals surface area contributed by atoms with Crippen molar-refractivity contribution in [2.24, 2.45) is 0 Å². The van der Waals surface area contributed by atoms with E-state index in [1.807, 2.05) is 30.3 Å². The third kappa shape index (κ3) is 4.68. The molecule has 35 heavy (non-hydrogen) atoms. The number of ether oxygens (including phenoxy) is 1. The van der Waals surface area contributed by atoms with E-state index in [0.29, 0.717) is 30.1 Å². The van der Waals surface area contributed by atoms with E-state index in [9.17, 15) is 18.0 Å². The molecule has 0 unspecified atom stereocenters. The molecule has 7 nitrogen and oxygen atoms in total. The number of likely N-dealkylation sites (tertiary alicyclic amines) is 1. The van der Waals surface area contributed by atoms with Crippen LogP contribution in [0.15, 0.2) is 67.1 Å². The van der Waals surface area contributed by atoms with Crippen LogP contribution in [0.25, 0.3) is 17.0 Å². The van der Waals surface area contributed by atoms with E-state index >= 15 is 0 Å². The molecule has 1 aliphatic heterocycles. The number of imidazole rings is 1. The standard InChI is InChI=1S/C25H22F3N5O2/c26-25(27,28)18-10-11-20(30-15-18)35-16-19-9-4-5-13-32(19)23(34)22-21(17-7-2-1-3-8-17)31-24-29-12-6-14-33(22)24/h1-3,6-8,10-12,14-15,19H,4-5,9,13,16H2/t19-/m0/s1. The first-order chi connectivity index (χ1) is 16.9. The van der Waals surface area contributed by atoms with Gasteiger partial charge in [-0.05, 0) is 31.4 Å². The summed E-state index contributed by atoms with van der Waals surface area (Å²) in [6.07, 6.45) is 2.14. The molecule has 180 valence electrons. The monoisotopic (exact) mass is 481 g/mol. The number of pyridine rings is 1. The zero-order valence-corrected chi connectivity index (χ0v) is 18.7. The van der Waals surface area contributed by atoms with Crippen molar-refractivity contribution in [3.05, 3.63) is 78.4 Å². The molecule has 5 rings (SSSR count). The second-order valence-electron chi connectivity index (χ2n) is 8.31. The van der Waals surface area contributed by atoms with Gasteiger partial charge in [-0.3, -0.25) is 9.20 Å². The Labute approximate surface area is 199 Å². The average Bonchev–Trinajstić information content (AvgIpc) is 3.27. The lowest BCUT2D eigenvalue weighted by Gasteiger charge is -2.35. The lowest BCUT2D eigenvalue weighted by atomic mass is 10.0. The highest BCUT2D eigenvalue weighted by molar-refractivity contribution is 5.99. The predicted molar refractivity (Wildman–Crippen MR) is 122 cm³/mol. The maximum absolute atomic E-state index is 13.9. The first-order valence-corrected chi connectivity index (χ1v) is 11.3. The third-order valence-electron chi connectivity index (χ3n) is 6.03. The summed E-state index contributed by atoms with van der Waals surface area (Å²) in [7, 11) is 0. The van der Waals surface area contributed by atoms with Crippen LogP contribution in [0.4, 0.5) is 13.2 Å². The van der Waals surface area contributed by atoms with Gasteiger partial charge >= 0.3 is 6.18 Å². The highest BCUT2D eigenvalue weighted by Crippen LogP contribution is 2.30. The molecule has 1 saturated heterocycles. The second-order valence-corrected chi connectivity index (χ2v) is 8.31. The maximum atomic E-state index is 13.9. The van der Waals surface area contributed by atoms with E-state index in [-0.39, 0.29) is 24.4 Å². The van der Waals surface area contributed by atoms with Gasteiger partial charge < -0.3 is 9.64 Å². The van der Waals surface area contributed by atoms with E-state index in [1.165, 1.54) is 6.07 Å². The van der Waals surface area contributed by atoms with Crippen LogP contribution in [-0.2, 0) is 6.18 Å². The van der Waals surface area contributed by atoms with E-state index in [1.54, 1.807) is 27.8 Å². The molecule has 0 aliphatic carbocycles. The molecule has 4 heterocycles. The van der Waals surface area contributed by atoms with E-state index in [4.69, 9.17) is 4.74 Å². The Kier molecular flexibility index (Phi) is 6.10. The molecule has 1 aliphatic rings. The number of rotatable bonds is 5. The Balaban J connectivity index is 1.41. The fourth-order valence-electron chi connectivity index (χ4n) is 4.28. The van der Waals surface area contributed by atoms with Gasteiger partial charge in [0.25, 0.3) is 5.91 Å². The quantitative estimate of drug-likeness (QED) is 0.406. The number of nitrogens with zero attached hydrogens (tertiary/aromatic N) is 5. The number of piperidine rings is 1. The van der Waals surface area contributed by atoms with Crippen molar-refractivity contribution < 1.29 is 22.7 Å². The number of aromatic nitrogens is 4. The minimum absolute atomic E-state index is 0.0833. The first kappa shape index (κ1) is 22.8. The minimum atomic E-state index is -4.46. The van der Waals surface area contributed by atoms with Crippen LogP contribution in [0.2, 0.25) is 0 Å². The SMILES string of the molecule is O=C(c1c(-c2ccccc2)nc2ncccn12)N1CCCC[C@H]1COc1ccc(C(F)(F)F)cn1. The van der Waals surface area contributed by atoms with Crippen LogP contribution >= 0.6 is 0 Å². The molecule has 3 aromatic heterocycles. The molecule has 1 aromatic carbocycles. The molecule has 0 spiro atoms. The topological polar surface area (TPSA) is 72.6 Å². The van der Waals surface area contributed by atoms with Crippen molar-refractivity contribution in [3.63, 3.8) is 0 Å². The van der Waals surface area contributed by atoms with Crippen molar-refractivity contribution >= 4 is 11.7 Å². The normalized spacial score (nSPS) is 16.4. The second kappa shape index (κ2) is 9.36. The summed E-state index contributed by atoms with van der Waals surface area (Å²) in [5, 5.41) is 0. The maximum Gasteiger partial charge on any atom is 0.417 e. The number of fused-ring (bicyclic) bond motifs is 1. The minimum Gasteiger partial charge on any atom is -0.475 e. The number of halogens is 3. The summed E-state index contributed by atoms with van der Waals surface area (Å²) in [6, 6.07) is 13.1. The Morgan fingerprint density at radius 3 is 2.63 bits per heavy atom. The molecule has 1 fully saturated rings. The van der Waals surface area contributed by atoms with Crippen molar-refractivity contribution in [2.45, 2.75) is 31.5 Å². The van der Waals surface area contributed by atoms with Gasteiger partial charge in [-0.15, -0.1) is 0 Å². The number of carbonyl (C=O) groups is 1. The average molecular weight is 481 g/mol. The van der Waals surface area contributed by atoms with Crippen LogP contribution in [0.3, 0.4) is 0 Å². The van der Waals surface area contributed by atoms with Crippen LogP contribution in [0, 0.1) is 0 Å². The highest BCUT2D eigenvalue weighted by atomic mass is 19.4. The molecule has 0 N–H and O–H groups in total. The van der Waals surface area contributed by atoms with Gasteiger partial charge in [-0.25, -0.2) is 15.0 Å². The van der Waals surface area contributed by atoms with Crippen molar-refractivity contribution in [3.8, 4) is 17.1 Å². The summed E-state index contributed by atoms with van der Waals surface area (Å²) in [4.78, 5) is 28.3. The summed E-state index contributed by atoms with van der Waals surface area (Å²) in [5.74, 6) is 0.312. The fourth-order valence-corrected chi connectivity index (χ4v) is 4.28. The Hall–Kier alpha value is -3.95. The number of hydrogen-bond acceptors (Lipinski definition) is 5. The zero-order valence-electron chi connectivity index (χ0n) is 18.7. The highest BCUT2D eigenvalue weighted by Gasteiger charge is 2.33. The number of alkyl halides is 3. The summed E-state index contributed by atoms with van der Waals surface area (Å²) in [5.41, 5.74) is 0.928. The molecule has 0 bridgehead atoms. The van der Waals surface area contributed by atoms with Crippen molar-refractivity contribution in [1.82, 2.24) is 24.3 Å². The Morgan fingerprint density at radius 1 is 1.06 bits per heavy atom. The Morgan fingerprint density at radius 2 is 1.89 bits per heavy atom. The number of hydrogen-bond donors (Lipinski definition) is 0. The predicted octanol–water partition coefficient (Wildman–Crippen LogP) is 4.88. The van der Waals surface area contributed by atoms with Gasteiger partial charge in [-0.2, -0.15) is 13.2 Å². The summed E-state index contributed by atoms with van der Waals surface area (Å²) < 4.78 is 45.8. The first-order valence-electron chi connectivity index (χ1n) is 11.3. The molecule has 0 saturated carbocycles. The summed E-state index contributed by atoms with van der Waals surface area (Å²) >= 11 is 0. The molecule has 0 radical (unpaired) electrons. The van der Waals surface area contributed by atoms with Crippen LogP contribution in [-0.4, -0.2) is 49.4 Å². The van der Waals surface area contributed by atoms with Crippen molar-refractivity contribution in [2.75, 3.05) is 13.2 Å². The van der Waals surface area contributed by atoms with Gasteiger partial charge in [0.1, 0.15) is 18.0 Å². The molecule has 1 atom stereocenters. The van der Waals surface area contributed by atoms with E-state index < -0.39 is 11.7 Å².